The van der Waals surface area contributed by atoms with E-state index >= 15 is 0 Å². The van der Waals surface area contributed by atoms with Crippen LogP contribution in [0.15, 0.2) is 36.4 Å². The number of methoxy groups -OCH3 is 2. The zero-order chi connectivity index (χ0) is 25.0. The minimum Gasteiger partial charge on any atom is -0.493 e. The lowest BCUT2D eigenvalue weighted by atomic mass is 10.0. The summed E-state index contributed by atoms with van der Waals surface area (Å²) in [5.74, 6) is -0.0954. The molecule has 0 aromatic heterocycles. The second kappa shape index (κ2) is 9.91. The number of anilines is 1. The fourth-order valence-electron chi connectivity index (χ4n) is 3.85. The summed E-state index contributed by atoms with van der Waals surface area (Å²) in [6.07, 6.45) is -4.70. The number of ether oxygens (including phenoxy) is 2. The molecule has 0 spiro atoms. The summed E-state index contributed by atoms with van der Waals surface area (Å²) in [7, 11) is 4.32. The maximum Gasteiger partial charge on any atom is 0.417 e. The van der Waals surface area contributed by atoms with Gasteiger partial charge in [0, 0.05) is 37.9 Å². The molecule has 3 rings (SSSR count). The highest BCUT2D eigenvalue weighted by Gasteiger charge is 2.38. The highest BCUT2D eigenvalue weighted by molar-refractivity contribution is 5.98. The molecule has 34 heavy (non-hydrogen) atoms. The number of carbonyl (C=O) groups is 2. The number of hydrogen-bond acceptors (Lipinski definition) is 6. The van der Waals surface area contributed by atoms with E-state index in [0.29, 0.717) is 11.5 Å². The fourth-order valence-corrected chi connectivity index (χ4v) is 3.85. The Balaban J connectivity index is 1.91. The molecule has 1 fully saturated rings. The van der Waals surface area contributed by atoms with Crippen LogP contribution >= 0.6 is 0 Å². The largest absolute Gasteiger partial charge is 0.493 e. The Morgan fingerprint density at radius 2 is 1.79 bits per heavy atom. The van der Waals surface area contributed by atoms with Gasteiger partial charge in [0.15, 0.2) is 11.5 Å². The van der Waals surface area contributed by atoms with Gasteiger partial charge in [0.1, 0.15) is 6.04 Å². The molecule has 1 heterocycles. The number of carbonyl (C=O) groups excluding carboxylic acids is 2. The van der Waals surface area contributed by atoms with Crippen LogP contribution in [0.2, 0.25) is 0 Å². The van der Waals surface area contributed by atoms with Crippen LogP contribution in [0.4, 0.5) is 18.9 Å². The number of piperazine rings is 1. The number of nitriles is 1. The van der Waals surface area contributed by atoms with Crippen molar-refractivity contribution in [1.82, 2.24) is 10.2 Å². The van der Waals surface area contributed by atoms with Crippen molar-refractivity contribution in [3.8, 4) is 17.6 Å². The first kappa shape index (κ1) is 24.7. The molecule has 1 aliphatic heterocycles. The van der Waals surface area contributed by atoms with E-state index in [4.69, 9.17) is 14.7 Å². The number of rotatable bonds is 5. The molecule has 8 nitrogen and oxygen atoms in total. The molecule has 1 atom stereocenters. The van der Waals surface area contributed by atoms with Gasteiger partial charge < -0.3 is 24.6 Å². The molecule has 2 aromatic rings. The van der Waals surface area contributed by atoms with Crippen LogP contribution in [-0.2, 0) is 11.0 Å². The van der Waals surface area contributed by atoms with Gasteiger partial charge in [0.25, 0.3) is 5.91 Å². The van der Waals surface area contributed by atoms with E-state index in [9.17, 15) is 22.8 Å². The minimum absolute atomic E-state index is 0.0259. The van der Waals surface area contributed by atoms with Crippen molar-refractivity contribution in [2.45, 2.75) is 12.2 Å². The average Bonchev–Trinajstić information content (AvgIpc) is 2.85. The molecular formula is C23H23F3N4O4. The predicted molar refractivity (Wildman–Crippen MR) is 117 cm³/mol. The molecular weight excluding hydrogens is 453 g/mol. The van der Waals surface area contributed by atoms with Gasteiger partial charge in [-0.1, -0.05) is 0 Å². The monoisotopic (exact) mass is 476 g/mol. The molecule has 180 valence electrons. The van der Waals surface area contributed by atoms with E-state index < -0.39 is 35.2 Å². The Morgan fingerprint density at radius 3 is 2.38 bits per heavy atom. The zero-order valence-electron chi connectivity index (χ0n) is 18.8. The first-order chi connectivity index (χ1) is 16.1. The lowest BCUT2D eigenvalue weighted by molar-refractivity contribution is -0.137. The van der Waals surface area contributed by atoms with Crippen molar-refractivity contribution in [2.75, 3.05) is 45.8 Å². The van der Waals surface area contributed by atoms with Crippen molar-refractivity contribution < 1.29 is 32.2 Å². The summed E-state index contributed by atoms with van der Waals surface area (Å²) in [4.78, 5) is 28.9. The number of nitrogens with zero attached hydrogens (tertiary/aromatic N) is 3. The number of benzene rings is 2. The molecule has 2 amide bonds. The second-order valence-corrected chi connectivity index (χ2v) is 7.48. The number of alkyl halides is 3. The van der Waals surface area contributed by atoms with E-state index in [2.05, 4.69) is 5.32 Å². The summed E-state index contributed by atoms with van der Waals surface area (Å²) >= 11 is 0. The van der Waals surface area contributed by atoms with E-state index in [-0.39, 0.29) is 30.9 Å². The maximum atomic E-state index is 13.4. The summed E-state index contributed by atoms with van der Waals surface area (Å²) in [5, 5.41) is 11.5. The van der Waals surface area contributed by atoms with Crippen LogP contribution in [0.5, 0.6) is 11.5 Å². The van der Waals surface area contributed by atoms with Crippen molar-refractivity contribution in [1.29, 1.82) is 5.26 Å². The molecule has 1 saturated heterocycles. The topological polar surface area (TPSA) is 94.9 Å². The quantitative estimate of drug-likeness (QED) is 0.713. The number of halogens is 3. The Kier molecular flexibility index (Phi) is 7.20. The van der Waals surface area contributed by atoms with Crippen LogP contribution < -0.4 is 19.7 Å². The number of amides is 2. The van der Waals surface area contributed by atoms with E-state index in [1.807, 2.05) is 0 Å². The van der Waals surface area contributed by atoms with Crippen molar-refractivity contribution in [2.24, 2.45) is 0 Å². The van der Waals surface area contributed by atoms with Crippen LogP contribution in [0.1, 0.15) is 21.5 Å². The average molecular weight is 476 g/mol. The predicted octanol–water partition coefficient (Wildman–Crippen LogP) is 2.67. The number of likely N-dealkylation sites (N-methyl/N-ethyl adjacent to an activating group) is 1. The van der Waals surface area contributed by atoms with Gasteiger partial charge in [-0.2, -0.15) is 18.4 Å². The fraction of sp³-hybridized carbons (Fsp3) is 0.348. The van der Waals surface area contributed by atoms with Gasteiger partial charge in [-0.05, 0) is 36.4 Å². The van der Waals surface area contributed by atoms with E-state index in [0.717, 1.165) is 12.1 Å². The summed E-state index contributed by atoms with van der Waals surface area (Å²) < 4.78 is 50.7. The Labute approximate surface area is 194 Å². The SMILES string of the molecule is CNC(=O)C1CN(c2ccc(C#N)c(C(F)(F)F)c2)CCN1C(=O)c1ccc(OC)c(OC)c1. The number of hydrogen-bond donors (Lipinski definition) is 1. The third-order valence-corrected chi connectivity index (χ3v) is 5.61. The van der Waals surface area contributed by atoms with Crippen LogP contribution in [0, 0.1) is 11.3 Å². The third-order valence-electron chi connectivity index (χ3n) is 5.61. The molecule has 0 saturated carbocycles. The van der Waals surface area contributed by atoms with Crippen LogP contribution in [-0.4, -0.2) is 63.7 Å². The van der Waals surface area contributed by atoms with Gasteiger partial charge >= 0.3 is 6.18 Å². The molecule has 0 radical (unpaired) electrons. The van der Waals surface area contributed by atoms with Gasteiger partial charge in [-0.25, -0.2) is 0 Å². The van der Waals surface area contributed by atoms with Gasteiger partial charge in [0.05, 0.1) is 31.4 Å². The molecule has 0 bridgehead atoms. The maximum absolute atomic E-state index is 13.4. The zero-order valence-corrected chi connectivity index (χ0v) is 18.8. The van der Waals surface area contributed by atoms with Gasteiger partial charge in [-0.3, -0.25) is 9.59 Å². The first-order valence-electron chi connectivity index (χ1n) is 10.3. The number of nitrogens with one attached hydrogen (secondary N) is 1. The van der Waals surface area contributed by atoms with Gasteiger partial charge in [0.2, 0.25) is 5.91 Å². The Bertz CT molecular complexity index is 1130. The smallest absolute Gasteiger partial charge is 0.417 e. The summed E-state index contributed by atoms with van der Waals surface area (Å²) in [5.41, 5.74) is -1.05. The molecule has 1 aliphatic rings. The summed E-state index contributed by atoms with van der Waals surface area (Å²) in [6.45, 7) is 0.254. The van der Waals surface area contributed by atoms with Crippen molar-refractivity contribution in [3.63, 3.8) is 0 Å². The molecule has 11 heteroatoms. The van der Waals surface area contributed by atoms with Crippen LogP contribution in [0.3, 0.4) is 0 Å². The Morgan fingerprint density at radius 1 is 1.09 bits per heavy atom. The third kappa shape index (κ3) is 4.85. The molecule has 1 N–H and O–H groups in total. The molecule has 1 unspecified atom stereocenters. The molecule has 2 aromatic carbocycles. The Hall–Kier alpha value is -3.94. The van der Waals surface area contributed by atoms with Crippen molar-refractivity contribution in [3.05, 3.63) is 53.1 Å². The van der Waals surface area contributed by atoms with E-state index in [1.54, 1.807) is 23.1 Å². The first-order valence-corrected chi connectivity index (χ1v) is 10.3. The van der Waals surface area contributed by atoms with E-state index in [1.165, 1.54) is 38.3 Å². The summed E-state index contributed by atoms with van der Waals surface area (Å²) in [6, 6.07) is 8.63. The highest BCUT2D eigenvalue weighted by Crippen LogP contribution is 2.35. The second-order valence-electron chi connectivity index (χ2n) is 7.48. The van der Waals surface area contributed by atoms with Gasteiger partial charge in [-0.15, -0.1) is 0 Å². The standard InChI is InChI=1S/C23H23F3N4O4/c1-28-21(31)18-13-29(16-6-4-15(12-27)17(11-16)23(24,25)26)8-9-30(18)22(32)14-5-7-19(33-2)20(10-14)34-3/h4-7,10-11,18H,8-9,13H2,1-3H3,(H,28,31). The van der Waals surface area contributed by atoms with Crippen LogP contribution in [0.25, 0.3) is 0 Å². The minimum atomic E-state index is -4.70. The normalized spacial score (nSPS) is 16.0. The van der Waals surface area contributed by atoms with Crippen molar-refractivity contribution >= 4 is 17.5 Å². The molecule has 0 aliphatic carbocycles. The highest BCUT2D eigenvalue weighted by atomic mass is 19.4. The lowest BCUT2D eigenvalue weighted by Gasteiger charge is -2.41. The lowest BCUT2D eigenvalue weighted by Crippen LogP contribution is -2.60.